The number of hydrogen-bond acceptors (Lipinski definition) is 5. The van der Waals surface area contributed by atoms with Crippen molar-refractivity contribution in [1.29, 1.82) is 0 Å². The molecule has 0 saturated heterocycles. The monoisotopic (exact) mass is 347 g/mol. The summed E-state index contributed by atoms with van der Waals surface area (Å²) < 4.78 is 10.7. The summed E-state index contributed by atoms with van der Waals surface area (Å²) in [5, 5.41) is 8.60. The van der Waals surface area contributed by atoms with Crippen LogP contribution in [0.1, 0.15) is 22.9 Å². The summed E-state index contributed by atoms with van der Waals surface area (Å²) in [5.74, 6) is 1.37. The van der Waals surface area contributed by atoms with Crippen molar-refractivity contribution >= 4 is 34.4 Å². The summed E-state index contributed by atoms with van der Waals surface area (Å²) in [5.41, 5.74) is 7.89. The predicted molar refractivity (Wildman–Crippen MR) is 96.4 cm³/mol. The molecule has 2 aromatic rings. The Morgan fingerprint density at radius 3 is 2.70 bits per heavy atom. The lowest BCUT2D eigenvalue weighted by molar-refractivity contribution is 0.347. The second-order valence-electron chi connectivity index (χ2n) is 5.04. The molecule has 7 heteroatoms. The van der Waals surface area contributed by atoms with Gasteiger partial charge in [-0.05, 0) is 41.4 Å². The first-order chi connectivity index (χ1) is 11.1. The largest absolute Gasteiger partial charge is 0.493 e. The highest BCUT2D eigenvalue weighted by Crippen LogP contribution is 2.37. The molecule has 0 aliphatic carbocycles. The van der Waals surface area contributed by atoms with Crippen LogP contribution >= 0.6 is 23.6 Å². The number of nitrogens with zero attached hydrogens (tertiary/aromatic N) is 2. The Labute approximate surface area is 144 Å². The maximum Gasteiger partial charge on any atom is 0.187 e. The van der Waals surface area contributed by atoms with Gasteiger partial charge < -0.3 is 15.2 Å². The van der Waals surface area contributed by atoms with Crippen LogP contribution in [0.5, 0.6) is 11.5 Å². The van der Waals surface area contributed by atoms with Crippen LogP contribution in [0.25, 0.3) is 0 Å². The molecule has 0 radical (unpaired) electrons. The molecule has 5 nitrogen and oxygen atoms in total. The quantitative estimate of drug-likeness (QED) is 0.861. The number of benzene rings is 1. The summed E-state index contributed by atoms with van der Waals surface area (Å²) in [4.78, 5) is 1.13. The zero-order valence-electron chi connectivity index (χ0n) is 12.9. The van der Waals surface area contributed by atoms with Crippen LogP contribution in [-0.4, -0.2) is 30.1 Å². The van der Waals surface area contributed by atoms with Crippen LogP contribution in [0.4, 0.5) is 0 Å². The molecule has 0 amide bonds. The second-order valence-corrected chi connectivity index (χ2v) is 6.41. The molecule has 0 fully saturated rings. The topological polar surface area (TPSA) is 60.1 Å². The Bertz CT molecular complexity index is 744. The average Bonchev–Trinajstić information content (AvgIpc) is 3.23. The summed E-state index contributed by atoms with van der Waals surface area (Å²) >= 11 is 6.83. The van der Waals surface area contributed by atoms with Gasteiger partial charge in [0.15, 0.2) is 16.6 Å². The van der Waals surface area contributed by atoms with E-state index in [-0.39, 0.29) is 11.2 Å². The van der Waals surface area contributed by atoms with Crippen molar-refractivity contribution in [3.8, 4) is 11.5 Å². The molecule has 0 bridgehead atoms. The van der Waals surface area contributed by atoms with Crippen LogP contribution in [0.3, 0.4) is 0 Å². The first-order valence-electron chi connectivity index (χ1n) is 7.06. The Morgan fingerprint density at radius 2 is 2.09 bits per heavy atom. The molecule has 2 N–H and O–H groups in total. The van der Waals surface area contributed by atoms with Gasteiger partial charge in [0.2, 0.25) is 0 Å². The van der Waals surface area contributed by atoms with Crippen LogP contribution in [0.2, 0.25) is 0 Å². The molecule has 3 rings (SSSR count). The summed E-state index contributed by atoms with van der Waals surface area (Å²) in [7, 11) is 3.24. The molecule has 2 heterocycles. The summed E-state index contributed by atoms with van der Waals surface area (Å²) in [6.07, 6.45) is 0.743. The normalized spacial score (nSPS) is 17.0. The first-order valence-corrected chi connectivity index (χ1v) is 8.34. The number of thiophene rings is 1. The van der Waals surface area contributed by atoms with E-state index >= 15 is 0 Å². The van der Waals surface area contributed by atoms with Gasteiger partial charge in [-0.1, -0.05) is 12.1 Å². The Kier molecular flexibility index (Phi) is 4.49. The van der Waals surface area contributed by atoms with E-state index in [9.17, 15) is 0 Å². The first kappa shape index (κ1) is 15.8. The molecule has 1 atom stereocenters. The minimum atomic E-state index is -0.0376. The molecule has 1 aromatic carbocycles. The minimum Gasteiger partial charge on any atom is -0.493 e. The van der Waals surface area contributed by atoms with Crippen molar-refractivity contribution in [3.63, 3.8) is 0 Å². The zero-order valence-corrected chi connectivity index (χ0v) is 14.5. The Hall–Kier alpha value is -2.12. The van der Waals surface area contributed by atoms with Gasteiger partial charge >= 0.3 is 0 Å². The molecule has 120 valence electrons. The number of hydrazone groups is 1. The third-order valence-electron chi connectivity index (χ3n) is 3.73. The molecule has 23 heavy (non-hydrogen) atoms. The molecular formula is C16H17N3O2S2. The van der Waals surface area contributed by atoms with Gasteiger partial charge in [0.1, 0.15) is 0 Å². The van der Waals surface area contributed by atoms with E-state index in [4.69, 9.17) is 27.4 Å². The third kappa shape index (κ3) is 3.02. The molecule has 1 aliphatic rings. The smallest absolute Gasteiger partial charge is 0.187 e. The average molecular weight is 347 g/mol. The number of methoxy groups -OCH3 is 2. The highest BCUT2D eigenvalue weighted by Gasteiger charge is 2.31. The van der Waals surface area contributed by atoms with Crippen molar-refractivity contribution in [2.45, 2.75) is 12.5 Å². The molecule has 1 aromatic heterocycles. The number of hydrogen-bond donors (Lipinski definition) is 1. The Morgan fingerprint density at radius 1 is 1.30 bits per heavy atom. The Balaban J connectivity index is 1.95. The molecular weight excluding hydrogens is 330 g/mol. The van der Waals surface area contributed by atoms with Gasteiger partial charge in [0.05, 0.1) is 30.9 Å². The van der Waals surface area contributed by atoms with Crippen LogP contribution < -0.4 is 15.2 Å². The fourth-order valence-corrected chi connectivity index (χ4v) is 3.51. The van der Waals surface area contributed by atoms with Gasteiger partial charge in [-0.25, -0.2) is 5.01 Å². The summed E-state index contributed by atoms with van der Waals surface area (Å²) in [6, 6.07) is 9.85. The van der Waals surface area contributed by atoms with Gasteiger partial charge in [-0.2, -0.15) is 5.10 Å². The van der Waals surface area contributed by atoms with Crippen molar-refractivity contribution < 1.29 is 9.47 Å². The van der Waals surface area contributed by atoms with E-state index in [1.165, 1.54) is 0 Å². The maximum atomic E-state index is 5.87. The van der Waals surface area contributed by atoms with Crippen LogP contribution in [0, 0.1) is 0 Å². The zero-order chi connectivity index (χ0) is 16.4. The van der Waals surface area contributed by atoms with Crippen LogP contribution in [0.15, 0.2) is 40.8 Å². The van der Waals surface area contributed by atoms with Gasteiger partial charge in [0, 0.05) is 6.42 Å². The van der Waals surface area contributed by atoms with E-state index < -0.39 is 0 Å². The fraction of sp³-hybridized carbons (Fsp3) is 0.250. The standard InChI is InChI=1S/C16H17N3O2S2/c1-20-13-6-5-10(8-14(13)21-2)12-9-11(15-4-3-7-23-15)18-19(12)16(17)22/h3-8,12H,9H2,1-2H3,(H2,17,22). The van der Waals surface area contributed by atoms with Crippen molar-refractivity contribution in [2.24, 2.45) is 10.8 Å². The fourth-order valence-electron chi connectivity index (χ4n) is 2.62. The van der Waals surface area contributed by atoms with Crippen molar-refractivity contribution in [2.75, 3.05) is 14.2 Å². The van der Waals surface area contributed by atoms with Gasteiger partial charge in [-0.3, -0.25) is 0 Å². The number of thiocarbonyl (C=S) groups is 1. The van der Waals surface area contributed by atoms with E-state index in [0.29, 0.717) is 11.5 Å². The van der Waals surface area contributed by atoms with E-state index in [1.807, 2.05) is 29.6 Å². The number of nitrogens with two attached hydrogens (primary N) is 1. The number of ether oxygens (including phenoxy) is 2. The van der Waals surface area contributed by atoms with Crippen molar-refractivity contribution in [1.82, 2.24) is 5.01 Å². The predicted octanol–water partition coefficient (Wildman–Crippen LogP) is 3.16. The van der Waals surface area contributed by atoms with E-state index in [0.717, 1.165) is 22.6 Å². The maximum absolute atomic E-state index is 5.87. The molecule has 0 saturated carbocycles. The van der Waals surface area contributed by atoms with E-state index in [1.54, 1.807) is 30.6 Å². The van der Waals surface area contributed by atoms with E-state index in [2.05, 4.69) is 11.2 Å². The highest BCUT2D eigenvalue weighted by molar-refractivity contribution is 7.80. The molecule has 1 aliphatic heterocycles. The lowest BCUT2D eigenvalue weighted by atomic mass is 10.0. The highest BCUT2D eigenvalue weighted by atomic mass is 32.1. The second kappa shape index (κ2) is 6.55. The SMILES string of the molecule is COc1ccc(C2CC(c3cccs3)=NN2C(N)=S)cc1OC. The molecule has 1 unspecified atom stereocenters. The third-order valence-corrected chi connectivity index (χ3v) is 4.84. The lowest BCUT2D eigenvalue weighted by Gasteiger charge is -2.22. The lowest BCUT2D eigenvalue weighted by Crippen LogP contribution is -2.31. The van der Waals surface area contributed by atoms with Gasteiger partial charge in [0.25, 0.3) is 0 Å². The minimum absolute atomic E-state index is 0.0376. The summed E-state index contributed by atoms with van der Waals surface area (Å²) in [6.45, 7) is 0. The van der Waals surface area contributed by atoms with Crippen LogP contribution in [-0.2, 0) is 0 Å². The molecule has 0 spiro atoms. The van der Waals surface area contributed by atoms with Gasteiger partial charge in [-0.15, -0.1) is 11.3 Å². The number of rotatable bonds is 4. The van der Waals surface area contributed by atoms with Crippen molar-refractivity contribution in [3.05, 3.63) is 46.2 Å².